The zero-order valence-electron chi connectivity index (χ0n) is 16.2. The van der Waals surface area contributed by atoms with Crippen molar-refractivity contribution in [3.05, 3.63) is 35.0 Å². The van der Waals surface area contributed by atoms with E-state index in [2.05, 4.69) is 10.3 Å². The van der Waals surface area contributed by atoms with Crippen LogP contribution in [-0.2, 0) is 10.0 Å². The first-order chi connectivity index (χ1) is 14.4. The lowest BCUT2D eigenvalue weighted by atomic mass is 9.86. The third-order valence-corrected chi connectivity index (χ3v) is 8.87. The van der Waals surface area contributed by atoms with Crippen LogP contribution in [0.2, 0.25) is 0 Å². The van der Waals surface area contributed by atoms with Gasteiger partial charge in [0, 0.05) is 36.8 Å². The summed E-state index contributed by atoms with van der Waals surface area (Å²) in [6, 6.07) is 6.77. The molecule has 0 radical (unpaired) electrons. The van der Waals surface area contributed by atoms with Gasteiger partial charge < -0.3 is 10.4 Å². The summed E-state index contributed by atoms with van der Waals surface area (Å²) in [5.74, 6) is 0.240. The maximum Gasteiger partial charge on any atom is 0.404 e. The molecule has 0 spiro atoms. The van der Waals surface area contributed by atoms with Gasteiger partial charge in [0.15, 0.2) is 0 Å². The largest absolute Gasteiger partial charge is 0.465 e. The number of nitrogens with zero attached hydrogens (tertiary/aromatic N) is 3. The van der Waals surface area contributed by atoms with Crippen molar-refractivity contribution in [1.82, 2.24) is 14.6 Å². The molecular formula is C20H22N4O4S2. The van der Waals surface area contributed by atoms with Crippen LogP contribution in [0.5, 0.6) is 0 Å². The van der Waals surface area contributed by atoms with Gasteiger partial charge in [0.1, 0.15) is 0 Å². The Morgan fingerprint density at radius 3 is 2.60 bits per heavy atom. The van der Waals surface area contributed by atoms with E-state index in [1.165, 1.54) is 21.7 Å². The minimum Gasteiger partial charge on any atom is -0.465 e. The Morgan fingerprint density at radius 1 is 1.27 bits per heavy atom. The fraction of sp³-hybridized carbons (Fsp3) is 0.450. The molecule has 1 aliphatic carbocycles. The first-order valence-electron chi connectivity index (χ1n) is 9.88. The summed E-state index contributed by atoms with van der Waals surface area (Å²) >= 11 is 1.47. The van der Waals surface area contributed by atoms with Crippen LogP contribution in [0.4, 0.5) is 4.79 Å². The molecule has 1 aromatic carbocycles. The molecule has 1 aromatic heterocycles. The number of nitriles is 1. The number of carbonyl (C=O) groups is 1. The van der Waals surface area contributed by atoms with Gasteiger partial charge in [0.05, 0.1) is 26.4 Å². The van der Waals surface area contributed by atoms with E-state index < -0.39 is 16.1 Å². The van der Waals surface area contributed by atoms with Crippen molar-refractivity contribution in [1.29, 1.82) is 5.26 Å². The van der Waals surface area contributed by atoms with E-state index in [-0.39, 0.29) is 16.9 Å². The van der Waals surface area contributed by atoms with Crippen molar-refractivity contribution in [2.24, 2.45) is 0 Å². The highest BCUT2D eigenvalue weighted by Gasteiger charge is 2.32. The van der Waals surface area contributed by atoms with Crippen molar-refractivity contribution < 1.29 is 18.3 Å². The molecule has 2 heterocycles. The minimum absolute atomic E-state index is 0.0232. The van der Waals surface area contributed by atoms with Crippen LogP contribution in [0, 0.1) is 11.3 Å². The van der Waals surface area contributed by atoms with Gasteiger partial charge in [-0.2, -0.15) is 9.57 Å². The lowest BCUT2D eigenvalue weighted by molar-refractivity contribution is 0.185. The summed E-state index contributed by atoms with van der Waals surface area (Å²) in [4.78, 5) is 16.3. The van der Waals surface area contributed by atoms with Gasteiger partial charge in [-0.15, -0.1) is 11.3 Å². The molecule has 2 N–H and O–H groups in total. The molecule has 2 aromatic rings. The molecule has 2 aliphatic rings. The fourth-order valence-corrected chi connectivity index (χ4v) is 6.88. The number of carboxylic acid groups (broad SMARTS) is 1. The fourth-order valence-electron chi connectivity index (χ4n) is 3.94. The highest BCUT2D eigenvalue weighted by atomic mass is 32.2. The molecule has 4 rings (SSSR count). The Morgan fingerprint density at radius 2 is 2.00 bits per heavy atom. The van der Waals surface area contributed by atoms with Crippen LogP contribution in [0.15, 0.2) is 29.3 Å². The Balaban J connectivity index is 1.59. The van der Waals surface area contributed by atoms with E-state index in [0.717, 1.165) is 42.0 Å². The number of thiazole rings is 1. The summed E-state index contributed by atoms with van der Waals surface area (Å²) in [5, 5.41) is 21.6. The van der Waals surface area contributed by atoms with E-state index in [0.29, 0.717) is 24.2 Å². The number of aromatic nitrogens is 1. The predicted octanol–water partition coefficient (Wildman–Crippen LogP) is 3.37. The molecule has 10 heteroatoms. The van der Waals surface area contributed by atoms with Gasteiger partial charge in [-0.25, -0.2) is 18.2 Å². The lowest BCUT2D eigenvalue weighted by Crippen LogP contribution is -2.42. The van der Waals surface area contributed by atoms with E-state index in [1.54, 1.807) is 18.3 Å². The topological polar surface area (TPSA) is 123 Å². The second-order valence-corrected chi connectivity index (χ2v) is 10.6. The van der Waals surface area contributed by atoms with Crippen LogP contribution in [0.1, 0.15) is 48.6 Å². The predicted molar refractivity (Wildman–Crippen MR) is 112 cm³/mol. The number of benzene rings is 1. The zero-order chi connectivity index (χ0) is 21.3. The van der Waals surface area contributed by atoms with Crippen molar-refractivity contribution in [2.45, 2.75) is 49.0 Å². The van der Waals surface area contributed by atoms with Crippen molar-refractivity contribution in [2.75, 3.05) is 13.1 Å². The monoisotopic (exact) mass is 446 g/mol. The molecule has 158 valence electrons. The van der Waals surface area contributed by atoms with Gasteiger partial charge in [0.2, 0.25) is 10.0 Å². The summed E-state index contributed by atoms with van der Waals surface area (Å²) < 4.78 is 27.5. The molecule has 1 saturated carbocycles. The summed E-state index contributed by atoms with van der Waals surface area (Å²) in [7, 11) is -3.65. The Labute approximate surface area is 179 Å². The molecule has 1 aliphatic heterocycles. The smallest absolute Gasteiger partial charge is 0.404 e. The zero-order valence-corrected chi connectivity index (χ0v) is 17.9. The van der Waals surface area contributed by atoms with Crippen molar-refractivity contribution >= 4 is 27.5 Å². The second kappa shape index (κ2) is 8.34. The second-order valence-electron chi connectivity index (χ2n) is 7.64. The molecule has 30 heavy (non-hydrogen) atoms. The average molecular weight is 447 g/mol. The first-order valence-corrected chi connectivity index (χ1v) is 12.1. The van der Waals surface area contributed by atoms with Crippen LogP contribution in [0.3, 0.4) is 0 Å². The molecule has 0 bridgehead atoms. The standard InChI is InChI=1S/C20H22N4O4S2/c21-11-13-2-7-16(18(10-13)30(27,28)24-8-1-9-24)17-12-22-19(29-17)14-3-5-15(6-4-14)23-20(25)26/h2,7,10,12,14-15,23H,1,3-6,8-9H2,(H,25,26). The maximum absolute atomic E-state index is 13.1. The number of amides is 1. The van der Waals surface area contributed by atoms with E-state index in [1.807, 2.05) is 6.07 Å². The lowest BCUT2D eigenvalue weighted by Gasteiger charge is -2.30. The maximum atomic E-state index is 13.1. The molecule has 8 nitrogen and oxygen atoms in total. The van der Waals surface area contributed by atoms with Gasteiger partial charge in [-0.3, -0.25) is 0 Å². The van der Waals surface area contributed by atoms with Gasteiger partial charge >= 0.3 is 6.09 Å². The molecule has 0 unspecified atom stereocenters. The van der Waals surface area contributed by atoms with E-state index in [4.69, 9.17) is 5.11 Å². The van der Waals surface area contributed by atoms with Crippen molar-refractivity contribution in [3.63, 3.8) is 0 Å². The number of nitrogens with one attached hydrogen (secondary N) is 1. The van der Waals surface area contributed by atoms with E-state index >= 15 is 0 Å². The molecule has 0 atom stereocenters. The van der Waals surface area contributed by atoms with E-state index in [9.17, 15) is 18.5 Å². The third-order valence-electron chi connectivity index (χ3n) is 5.74. The average Bonchev–Trinajstić information content (AvgIpc) is 3.16. The van der Waals surface area contributed by atoms with Gasteiger partial charge in [0.25, 0.3) is 0 Å². The third kappa shape index (κ3) is 4.05. The molecule has 1 saturated heterocycles. The highest BCUT2D eigenvalue weighted by Crippen LogP contribution is 2.40. The van der Waals surface area contributed by atoms with Crippen LogP contribution >= 0.6 is 11.3 Å². The Bertz CT molecular complexity index is 1090. The summed E-state index contributed by atoms with van der Waals surface area (Å²) in [6.45, 7) is 1.00. The summed E-state index contributed by atoms with van der Waals surface area (Å²) in [5.41, 5.74) is 0.887. The molecular weight excluding hydrogens is 424 g/mol. The normalized spacial score (nSPS) is 22.1. The number of hydrogen-bond acceptors (Lipinski definition) is 6. The van der Waals surface area contributed by atoms with Crippen LogP contribution in [-0.4, -0.2) is 48.0 Å². The first kappa shape index (κ1) is 20.8. The van der Waals surface area contributed by atoms with Crippen LogP contribution < -0.4 is 5.32 Å². The van der Waals surface area contributed by atoms with Gasteiger partial charge in [-0.05, 0) is 44.2 Å². The number of hydrogen-bond donors (Lipinski definition) is 2. The Hall–Kier alpha value is -2.48. The number of sulfonamides is 1. The highest BCUT2D eigenvalue weighted by molar-refractivity contribution is 7.89. The van der Waals surface area contributed by atoms with Gasteiger partial charge in [-0.1, -0.05) is 6.07 Å². The number of rotatable bonds is 5. The summed E-state index contributed by atoms with van der Waals surface area (Å²) in [6.07, 6.45) is 4.75. The minimum atomic E-state index is -3.65. The quantitative estimate of drug-likeness (QED) is 0.726. The molecule has 1 amide bonds. The Kier molecular flexibility index (Phi) is 5.77. The van der Waals surface area contributed by atoms with Crippen molar-refractivity contribution in [3.8, 4) is 16.5 Å². The molecule has 2 fully saturated rings. The SMILES string of the molecule is N#Cc1ccc(-c2cnc(C3CCC(NC(=O)O)CC3)s2)c(S(=O)(=O)N2CCC2)c1. The van der Waals surface area contributed by atoms with Crippen LogP contribution in [0.25, 0.3) is 10.4 Å².